The molecular formula is C12H22N4O. The number of nitrogens with zero attached hydrogens (tertiary/aromatic N) is 1. The van der Waals surface area contributed by atoms with Crippen molar-refractivity contribution in [2.45, 2.75) is 13.8 Å². The van der Waals surface area contributed by atoms with Gasteiger partial charge in [-0.1, -0.05) is 13.2 Å². The lowest BCUT2D eigenvalue weighted by Crippen LogP contribution is -2.27. The standard InChI is InChI=1S/C12H22N4O/c1-9(2)11(13)15-5-7-17-8-6-16-12(14)10(3)4/h1,3,5-8H2,2,4H3,(H2,13,15)(H2,14,16). The summed E-state index contributed by atoms with van der Waals surface area (Å²) >= 11 is 0. The summed E-state index contributed by atoms with van der Waals surface area (Å²) in [4.78, 5) is 4.08. The van der Waals surface area contributed by atoms with Crippen LogP contribution in [-0.2, 0) is 4.74 Å². The maximum absolute atomic E-state index is 7.45. The summed E-state index contributed by atoms with van der Waals surface area (Å²) in [5, 5.41) is 10.3. The quantitative estimate of drug-likeness (QED) is 0.336. The predicted molar refractivity (Wildman–Crippen MR) is 72.7 cm³/mol. The molecule has 0 spiro atoms. The van der Waals surface area contributed by atoms with E-state index in [0.29, 0.717) is 43.5 Å². The van der Waals surface area contributed by atoms with Crippen molar-refractivity contribution in [3.05, 3.63) is 24.3 Å². The van der Waals surface area contributed by atoms with Crippen LogP contribution in [0.4, 0.5) is 0 Å². The number of amidine groups is 2. The van der Waals surface area contributed by atoms with Crippen molar-refractivity contribution in [3.8, 4) is 0 Å². The minimum absolute atomic E-state index is 0.346. The second-order valence-electron chi connectivity index (χ2n) is 3.74. The van der Waals surface area contributed by atoms with Gasteiger partial charge in [0, 0.05) is 6.54 Å². The highest BCUT2D eigenvalue weighted by molar-refractivity contribution is 5.95. The second-order valence-corrected chi connectivity index (χ2v) is 3.74. The molecule has 0 heterocycles. The molecule has 96 valence electrons. The molecule has 0 saturated heterocycles. The largest absolute Gasteiger partial charge is 0.384 e. The van der Waals surface area contributed by atoms with Crippen LogP contribution in [0.5, 0.6) is 0 Å². The van der Waals surface area contributed by atoms with Crippen molar-refractivity contribution in [3.63, 3.8) is 0 Å². The van der Waals surface area contributed by atoms with Gasteiger partial charge in [-0.2, -0.15) is 0 Å². The summed E-state index contributed by atoms with van der Waals surface area (Å²) in [6.45, 7) is 13.1. The zero-order chi connectivity index (χ0) is 13.3. The first-order valence-electron chi connectivity index (χ1n) is 5.47. The number of nitrogens with one attached hydrogen (secondary N) is 2. The summed E-state index contributed by atoms with van der Waals surface area (Å²) in [5.41, 5.74) is 7.05. The van der Waals surface area contributed by atoms with Gasteiger partial charge in [-0.15, -0.1) is 0 Å². The molecule has 0 rings (SSSR count). The van der Waals surface area contributed by atoms with Crippen molar-refractivity contribution in [2.24, 2.45) is 10.7 Å². The van der Waals surface area contributed by atoms with Gasteiger partial charge in [0.05, 0.1) is 19.8 Å². The molecule has 0 aliphatic heterocycles. The number of ether oxygens (including phenoxy) is 1. The summed E-state index contributed by atoms with van der Waals surface area (Å²) in [6, 6.07) is 0. The molecule has 0 unspecified atom stereocenters. The molecule has 5 nitrogen and oxygen atoms in total. The monoisotopic (exact) mass is 238 g/mol. The Balaban J connectivity index is 3.48. The minimum atomic E-state index is 0.346. The van der Waals surface area contributed by atoms with E-state index in [9.17, 15) is 0 Å². The van der Waals surface area contributed by atoms with Crippen molar-refractivity contribution in [1.82, 2.24) is 5.32 Å². The lowest BCUT2D eigenvalue weighted by Gasteiger charge is -2.07. The van der Waals surface area contributed by atoms with E-state index >= 15 is 0 Å². The maximum Gasteiger partial charge on any atom is 0.120 e. The van der Waals surface area contributed by atoms with Crippen molar-refractivity contribution < 1.29 is 4.74 Å². The van der Waals surface area contributed by atoms with E-state index in [1.165, 1.54) is 0 Å². The van der Waals surface area contributed by atoms with Crippen LogP contribution in [0.1, 0.15) is 13.8 Å². The Morgan fingerprint density at radius 3 is 2.47 bits per heavy atom. The predicted octanol–water partition coefficient (Wildman–Crippen LogP) is 1.08. The van der Waals surface area contributed by atoms with E-state index in [0.717, 1.165) is 5.57 Å². The van der Waals surface area contributed by atoms with Crippen LogP contribution >= 0.6 is 0 Å². The number of nitrogens with two attached hydrogens (primary N) is 1. The van der Waals surface area contributed by atoms with Crippen LogP contribution in [0.3, 0.4) is 0 Å². The third kappa shape index (κ3) is 8.21. The molecule has 4 N–H and O–H groups in total. The van der Waals surface area contributed by atoms with E-state index in [4.69, 9.17) is 15.9 Å². The van der Waals surface area contributed by atoms with Gasteiger partial charge in [0.2, 0.25) is 0 Å². The van der Waals surface area contributed by atoms with Gasteiger partial charge in [0.15, 0.2) is 0 Å². The first kappa shape index (κ1) is 15.4. The van der Waals surface area contributed by atoms with E-state index in [2.05, 4.69) is 23.5 Å². The molecule has 17 heavy (non-hydrogen) atoms. The zero-order valence-corrected chi connectivity index (χ0v) is 10.7. The van der Waals surface area contributed by atoms with Crippen LogP contribution in [0.15, 0.2) is 29.3 Å². The molecule has 0 saturated carbocycles. The van der Waals surface area contributed by atoms with E-state index in [1.807, 2.05) is 6.92 Å². The zero-order valence-electron chi connectivity index (χ0n) is 10.7. The first-order chi connectivity index (χ1) is 7.95. The third-order valence-corrected chi connectivity index (χ3v) is 1.93. The van der Waals surface area contributed by atoms with Crippen LogP contribution in [0, 0.1) is 5.41 Å². The highest BCUT2D eigenvalue weighted by atomic mass is 16.5. The number of hydrogen-bond donors (Lipinski definition) is 3. The van der Waals surface area contributed by atoms with E-state index < -0.39 is 0 Å². The number of aliphatic imine (C=N–C) groups is 1. The molecule has 0 amide bonds. The summed E-state index contributed by atoms with van der Waals surface area (Å²) < 4.78 is 5.31. The molecule has 5 heteroatoms. The summed E-state index contributed by atoms with van der Waals surface area (Å²) in [5.74, 6) is 0.814. The Hall–Kier alpha value is -1.62. The van der Waals surface area contributed by atoms with Gasteiger partial charge in [-0.3, -0.25) is 10.4 Å². The topological polar surface area (TPSA) is 83.5 Å². The SMILES string of the molecule is C=C(C)C(=N)NCCOCCN=C(N)C(=C)C. The Morgan fingerprint density at radius 2 is 1.94 bits per heavy atom. The van der Waals surface area contributed by atoms with Crippen LogP contribution in [-0.4, -0.2) is 38.0 Å². The summed E-state index contributed by atoms with van der Waals surface area (Å²) in [7, 11) is 0. The number of rotatable bonds is 8. The minimum Gasteiger partial charge on any atom is -0.384 e. The average Bonchev–Trinajstić information content (AvgIpc) is 2.26. The first-order valence-corrected chi connectivity index (χ1v) is 5.47. The van der Waals surface area contributed by atoms with Gasteiger partial charge >= 0.3 is 0 Å². The highest BCUT2D eigenvalue weighted by Crippen LogP contribution is 1.87. The smallest absolute Gasteiger partial charge is 0.120 e. The van der Waals surface area contributed by atoms with Gasteiger partial charge in [0.25, 0.3) is 0 Å². The van der Waals surface area contributed by atoms with Crippen molar-refractivity contribution >= 4 is 11.7 Å². The van der Waals surface area contributed by atoms with Crippen molar-refractivity contribution in [2.75, 3.05) is 26.3 Å². The molecule has 0 aromatic heterocycles. The normalized spacial score (nSPS) is 11.1. The Morgan fingerprint density at radius 1 is 1.29 bits per heavy atom. The Bertz CT molecular complexity index is 320. The second kappa shape index (κ2) is 8.52. The maximum atomic E-state index is 7.45. The van der Waals surface area contributed by atoms with Gasteiger partial charge in [-0.05, 0) is 25.0 Å². The highest BCUT2D eigenvalue weighted by Gasteiger charge is 1.95. The molecule has 0 aliphatic carbocycles. The molecule has 0 bridgehead atoms. The fraction of sp³-hybridized carbons (Fsp3) is 0.500. The van der Waals surface area contributed by atoms with Gasteiger partial charge < -0.3 is 15.8 Å². The lowest BCUT2D eigenvalue weighted by atomic mass is 10.3. The molecule has 0 aliphatic rings. The van der Waals surface area contributed by atoms with E-state index in [1.54, 1.807) is 6.92 Å². The van der Waals surface area contributed by atoms with E-state index in [-0.39, 0.29) is 0 Å². The molecule has 0 radical (unpaired) electrons. The van der Waals surface area contributed by atoms with Crippen LogP contribution in [0.2, 0.25) is 0 Å². The summed E-state index contributed by atoms with van der Waals surface area (Å²) in [6.07, 6.45) is 0. The van der Waals surface area contributed by atoms with Gasteiger partial charge in [0.1, 0.15) is 11.7 Å². The molecule has 0 aromatic rings. The number of hydrogen-bond acceptors (Lipinski definition) is 3. The Kier molecular flexibility index (Phi) is 7.71. The molecule has 0 atom stereocenters. The van der Waals surface area contributed by atoms with Crippen molar-refractivity contribution in [1.29, 1.82) is 5.41 Å². The molecule has 0 aromatic carbocycles. The van der Waals surface area contributed by atoms with Crippen LogP contribution in [0.25, 0.3) is 0 Å². The fourth-order valence-electron chi connectivity index (χ4n) is 0.867. The third-order valence-electron chi connectivity index (χ3n) is 1.93. The fourth-order valence-corrected chi connectivity index (χ4v) is 0.867. The average molecular weight is 238 g/mol. The van der Waals surface area contributed by atoms with Gasteiger partial charge in [-0.25, -0.2) is 0 Å². The molecular weight excluding hydrogens is 216 g/mol. The Labute approximate surface area is 103 Å². The molecule has 0 fully saturated rings. The van der Waals surface area contributed by atoms with Crippen LogP contribution < -0.4 is 11.1 Å². The lowest BCUT2D eigenvalue weighted by molar-refractivity contribution is 0.146.